The van der Waals surface area contributed by atoms with Crippen molar-refractivity contribution < 1.29 is 19.4 Å². The number of carboxylic acid groups (broad SMARTS) is 1. The third-order valence-corrected chi connectivity index (χ3v) is 4.13. The number of ether oxygens (including phenoxy) is 1. The van der Waals surface area contributed by atoms with Gasteiger partial charge in [-0.05, 0) is 43.2 Å². The molecule has 0 radical (unpaired) electrons. The van der Waals surface area contributed by atoms with Gasteiger partial charge in [0.1, 0.15) is 6.10 Å². The Hall–Kier alpha value is -2.31. The fourth-order valence-corrected chi connectivity index (χ4v) is 2.67. The minimum Gasteiger partial charge on any atom is -0.481 e. The zero-order chi connectivity index (χ0) is 17.4. The number of rotatable bonds is 7. The highest BCUT2D eigenvalue weighted by Gasteiger charge is 2.19. The average Bonchev–Trinajstić information content (AvgIpc) is 2.55. The molecule has 1 fully saturated rings. The highest BCUT2D eigenvalue weighted by molar-refractivity contribution is 5.74. The molecule has 1 saturated carbocycles. The highest BCUT2D eigenvalue weighted by Crippen LogP contribution is 2.26. The van der Waals surface area contributed by atoms with E-state index in [2.05, 4.69) is 22.5 Å². The summed E-state index contributed by atoms with van der Waals surface area (Å²) in [7, 11) is 0. The van der Waals surface area contributed by atoms with Crippen LogP contribution in [-0.2, 0) is 11.3 Å². The summed E-state index contributed by atoms with van der Waals surface area (Å²) in [5.74, 6) is 0.413. The number of urea groups is 1. The van der Waals surface area contributed by atoms with Gasteiger partial charge in [0.05, 0.1) is 6.42 Å². The van der Waals surface area contributed by atoms with Gasteiger partial charge in [0, 0.05) is 25.4 Å². The van der Waals surface area contributed by atoms with Crippen LogP contribution in [0.5, 0.6) is 5.88 Å². The first kappa shape index (κ1) is 18.0. The summed E-state index contributed by atoms with van der Waals surface area (Å²) in [6.07, 6.45) is 6.26. The van der Waals surface area contributed by atoms with Crippen LogP contribution >= 0.6 is 0 Å². The molecular weight excluding hydrogens is 310 g/mol. The van der Waals surface area contributed by atoms with Gasteiger partial charge in [-0.3, -0.25) is 4.79 Å². The quantitative estimate of drug-likeness (QED) is 0.710. The van der Waals surface area contributed by atoms with Crippen LogP contribution in [0.2, 0.25) is 0 Å². The van der Waals surface area contributed by atoms with Gasteiger partial charge in [-0.1, -0.05) is 6.92 Å². The number of carboxylic acids is 1. The molecule has 0 saturated heterocycles. The number of pyridine rings is 1. The Labute approximate surface area is 141 Å². The smallest absolute Gasteiger partial charge is 0.315 e. The van der Waals surface area contributed by atoms with Gasteiger partial charge < -0.3 is 20.5 Å². The van der Waals surface area contributed by atoms with Crippen molar-refractivity contribution in [1.29, 1.82) is 0 Å². The van der Waals surface area contributed by atoms with E-state index in [0.29, 0.717) is 12.4 Å². The molecular formula is C17H25N3O4. The van der Waals surface area contributed by atoms with E-state index in [-0.39, 0.29) is 19.1 Å². The van der Waals surface area contributed by atoms with Crippen molar-refractivity contribution in [2.45, 2.75) is 51.7 Å². The van der Waals surface area contributed by atoms with E-state index in [1.165, 1.54) is 12.8 Å². The van der Waals surface area contributed by atoms with Crippen molar-refractivity contribution in [3.8, 4) is 5.88 Å². The van der Waals surface area contributed by atoms with Gasteiger partial charge in [-0.15, -0.1) is 0 Å². The lowest BCUT2D eigenvalue weighted by Gasteiger charge is -2.26. The molecule has 0 unspecified atom stereocenters. The summed E-state index contributed by atoms with van der Waals surface area (Å²) in [4.78, 5) is 26.2. The first-order chi connectivity index (χ1) is 11.5. The summed E-state index contributed by atoms with van der Waals surface area (Å²) in [5.41, 5.74) is 0.887. The molecule has 0 spiro atoms. The molecule has 2 amide bonds. The molecule has 0 atom stereocenters. The topological polar surface area (TPSA) is 101 Å². The Kier molecular flexibility index (Phi) is 6.84. The van der Waals surface area contributed by atoms with Crippen molar-refractivity contribution in [2.75, 3.05) is 6.54 Å². The minimum absolute atomic E-state index is 0.0966. The van der Waals surface area contributed by atoms with Gasteiger partial charge >= 0.3 is 12.0 Å². The molecule has 1 aromatic rings. The number of carbonyl (C=O) groups is 2. The van der Waals surface area contributed by atoms with E-state index in [4.69, 9.17) is 9.84 Å². The summed E-state index contributed by atoms with van der Waals surface area (Å²) < 4.78 is 5.94. The lowest BCUT2D eigenvalue weighted by molar-refractivity contribution is -0.136. The summed E-state index contributed by atoms with van der Waals surface area (Å²) in [6, 6.07) is 3.25. The second-order valence-corrected chi connectivity index (χ2v) is 6.26. The highest BCUT2D eigenvalue weighted by atomic mass is 16.5. The Morgan fingerprint density at radius 2 is 2.04 bits per heavy atom. The second kappa shape index (κ2) is 9.10. The van der Waals surface area contributed by atoms with Crippen molar-refractivity contribution in [2.24, 2.45) is 5.92 Å². The van der Waals surface area contributed by atoms with Gasteiger partial charge in [0.15, 0.2) is 0 Å². The van der Waals surface area contributed by atoms with E-state index in [0.717, 1.165) is 24.3 Å². The van der Waals surface area contributed by atoms with Crippen molar-refractivity contribution >= 4 is 12.0 Å². The van der Waals surface area contributed by atoms with Crippen molar-refractivity contribution in [3.05, 3.63) is 23.9 Å². The molecule has 1 aliphatic rings. The van der Waals surface area contributed by atoms with E-state index < -0.39 is 12.0 Å². The monoisotopic (exact) mass is 335 g/mol. The van der Waals surface area contributed by atoms with Crippen LogP contribution < -0.4 is 15.4 Å². The number of carbonyl (C=O) groups excluding carboxylic acids is 1. The Bertz CT molecular complexity index is 557. The maximum atomic E-state index is 11.6. The number of nitrogens with one attached hydrogen (secondary N) is 2. The summed E-state index contributed by atoms with van der Waals surface area (Å²) in [5, 5.41) is 13.7. The predicted molar refractivity (Wildman–Crippen MR) is 88.8 cm³/mol. The Balaban J connectivity index is 1.75. The maximum absolute atomic E-state index is 11.6. The largest absolute Gasteiger partial charge is 0.481 e. The van der Waals surface area contributed by atoms with Crippen LogP contribution in [0.4, 0.5) is 4.79 Å². The Morgan fingerprint density at radius 1 is 1.29 bits per heavy atom. The standard InChI is InChI=1S/C17H25N3O4/c1-12-2-4-14(5-3-12)24-15-10-13(6-8-18-15)11-20-17(23)19-9-7-16(21)22/h6,8,10,12,14H,2-5,7,9,11H2,1H3,(H,21,22)(H2,19,20,23). The fourth-order valence-electron chi connectivity index (χ4n) is 2.67. The lowest BCUT2D eigenvalue weighted by Crippen LogP contribution is -2.36. The van der Waals surface area contributed by atoms with Crippen molar-refractivity contribution in [3.63, 3.8) is 0 Å². The molecule has 24 heavy (non-hydrogen) atoms. The van der Waals surface area contributed by atoms with Crippen LogP contribution in [-0.4, -0.2) is 34.7 Å². The van der Waals surface area contributed by atoms with E-state index >= 15 is 0 Å². The molecule has 1 aliphatic carbocycles. The average molecular weight is 335 g/mol. The number of hydrogen-bond acceptors (Lipinski definition) is 4. The molecule has 0 bridgehead atoms. The summed E-state index contributed by atoms with van der Waals surface area (Å²) >= 11 is 0. The second-order valence-electron chi connectivity index (χ2n) is 6.26. The minimum atomic E-state index is -0.941. The molecule has 132 valence electrons. The molecule has 3 N–H and O–H groups in total. The molecule has 7 heteroatoms. The molecule has 1 heterocycles. The van der Waals surface area contributed by atoms with E-state index in [1.807, 2.05) is 12.1 Å². The number of nitrogens with zero attached hydrogens (tertiary/aromatic N) is 1. The molecule has 0 aliphatic heterocycles. The zero-order valence-corrected chi connectivity index (χ0v) is 14.0. The number of amides is 2. The molecule has 7 nitrogen and oxygen atoms in total. The normalized spacial score (nSPS) is 20.2. The molecule has 1 aromatic heterocycles. The maximum Gasteiger partial charge on any atom is 0.315 e. The van der Waals surface area contributed by atoms with Crippen LogP contribution in [0, 0.1) is 5.92 Å². The molecule has 0 aromatic carbocycles. The van der Waals surface area contributed by atoms with Crippen LogP contribution in [0.1, 0.15) is 44.6 Å². The van der Waals surface area contributed by atoms with Gasteiger partial charge in [-0.25, -0.2) is 9.78 Å². The van der Waals surface area contributed by atoms with Crippen LogP contribution in [0.15, 0.2) is 18.3 Å². The van der Waals surface area contributed by atoms with E-state index in [9.17, 15) is 9.59 Å². The molecule has 2 rings (SSSR count). The van der Waals surface area contributed by atoms with Crippen LogP contribution in [0.3, 0.4) is 0 Å². The van der Waals surface area contributed by atoms with Gasteiger partial charge in [0.25, 0.3) is 0 Å². The lowest BCUT2D eigenvalue weighted by atomic mass is 9.89. The van der Waals surface area contributed by atoms with E-state index in [1.54, 1.807) is 6.20 Å². The first-order valence-electron chi connectivity index (χ1n) is 8.38. The zero-order valence-electron chi connectivity index (χ0n) is 14.0. The van der Waals surface area contributed by atoms with Crippen molar-refractivity contribution in [1.82, 2.24) is 15.6 Å². The predicted octanol–water partition coefficient (Wildman–Crippen LogP) is 2.31. The third-order valence-electron chi connectivity index (χ3n) is 4.13. The van der Waals surface area contributed by atoms with Gasteiger partial charge in [-0.2, -0.15) is 0 Å². The number of hydrogen-bond donors (Lipinski definition) is 3. The number of aromatic nitrogens is 1. The fraction of sp³-hybridized carbons (Fsp3) is 0.588. The summed E-state index contributed by atoms with van der Waals surface area (Å²) in [6.45, 7) is 2.70. The van der Waals surface area contributed by atoms with Crippen LogP contribution in [0.25, 0.3) is 0 Å². The third kappa shape index (κ3) is 6.44. The SMILES string of the molecule is CC1CCC(Oc2cc(CNC(=O)NCCC(=O)O)ccn2)CC1. The first-order valence-corrected chi connectivity index (χ1v) is 8.38. The Morgan fingerprint density at radius 3 is 2.75 bits per heavy atom. The van der Waals surface area contributed by atoms with Gasteiger partial charge in [0.2, 0.25) is 5.88 Å². The number of aliphatic carboxylic acids is 1.